The Hall–Kier alpha value is -0.980. The number of rotatable bonds is 10. The van der Waals surface area contributed by atoms with E-state index in [1.807, 2.05) is 13.8 Å². The summed E-state index contributed by atoms with van der Waals surface area (Å²) in [5.74, 6) is 1.66. The average molecular weight is 293 g/mol. The van der Waals surface area contributed by atoms with E-state index in [0.717, 1.165) is 12.4 Å². The zero-order valence-corrected chi connectivity index (χ0v) is 15.0. The van der Waals surface area contributed by atoms with Gasteiger partial charge in [0.05, 0.1) is 6.61 Å². The number of benzene rings is 1. The van der Waals surface area contributed by atoms with Gasteiger partial charge in [0.2, 0.25) is 0 Å². The van der Waals surface area contributed by atoms with Gasteiger partial charge in [0.15, 0.2) is 0 Å². The van der Waals surface area contributed by atoms with Crippen molar-refractivity contribution in [1.29, 1.82) is 0 Å². The molecule has 1 aromatic carbocycles. The van der Waals surface area contributed by atoms with Crippen molar-refractivity contribution >= 4 is 0 Å². The Bertz CT molecular complexity index is 315. The fourth-order valence-corrected chi connectivity index (χ4v) is 2.20. The molecule has 1 rings (SSSR count). The second kappa shape index (κ2) is 14.0. The van der Waals surface area contributed by atoms with E-state index in [4.69, 9.17) is 4.74 Å². The van der Waals surface area contributed by atoms with E-state index in [0.29, 0.717) is 5.92 Å². The second-order valence-electron chi connectivity index (χ2n) is 5.49. The fourth-order valence-electron chi connectivity index (χ4n) is 2.20. The molecule has 0 N–H and O–H groups in total. The first-order valence-electron chi connectivity index (χ1n) is 9.00. The molecule has 0 heterocycles. The van der Waals surface area contributed by atoms with Crippen LogP contribution in [0.25, 0.3) is 0 Å². The van der Waals surface area contributed by atoms with Crippen LogP contribution in [0.2, 0.25) is 0 Å². The van der Waals surface area contributed by atoms with Crippen LogP contribution in [-0.4, -0.2) is 6.61 Å². The van der Waals surface area contributed by atoms with Crippen molar-refractivity contribution in [3.63, 3.8) is 0 Å². The number of hydrogen-bond donors (Lipinski definition) is 0. The Morgan fingerprint density at radius 1 is 0.857 bits per heavy atom. The molecule has 0 aliphatic rings. The minimum atomic E-state index is 0.646. The molecule has 1 unspecified atom stereocenters. The Balaban J connectivity index is 0.00000191. The summed E-state index contributed by atoms with van der Waals surface area (Å²) < 4.78 is 5.78. The summed E-state index contributed by atoms with van der Waals surface area (Å²) in [6, 6.07) is 8.62. The van der Waals surface area contributed by atoms with Crippen LogP contribution in [-0.2, 0) is 0 Å². The van der Waals surface area contributed by atoms with Gasteiger partial charge >= 0.3 is 0 Å². The van der Waals surface area contributed by atoms with E-state index in [1.54, 1.807) is 0 Å². The van der Waals surface area contributed by atoms with Crippen LogP contribution in [0.1, 0.15) is 91.0 Å². The SMILES string of the molecule is CC.CCCCCCCCOc1ccc(C(C)CC)cc1. The first-order valence-corrected chi connectivity index (χ1v) is 9.00. The lowest BCUT2D eigenvalue weighted by Gasteiger charge is -2.10. The van der Waals surface area contributed by atoms with Crippen molar-refractivity contribution < 1.29 is 4.74 Å². The normalized spacial score (nSPS) is 11.5. The highest BCUT2D eigenvalue weighted by Crippen LogP contribution is 2.21. The van der Waals surface area contributed by atoms with E-state index in [9.17, 15) is 0 Å². The van der Waals surface area contributed by atoms with Crippen molar-refractivity contribution in [1.82, 2.24) is 0 Å². The topological polar surface area (TPSA) is 9.23 Å². The van der Waals surface area contributed by atoms with E-state index in [1.165, 1.54) is 50.5 Å². The van der Waals surface area contributed by atoms with E-state index >= 15 is 0 Å². The Morgan fingerprint density at radius 2 is 1.43 bits per heavy atom. The predicted octanol–water partition coefficient (Wildman–Crippen LogP) is 6.97. The van der Waals surface area contributed by atoms with Crippen LogP contribution >= 0.6 is 0 Å². The van der Waals surface area contributed by atoms with Gasteiger partial charge in [0, 0.05) is 0 Å². The smallest absolute Gasteiger partial charge is 0.119 e. The van der Waals surface area contributed by atoms with Crippen LogP contribution in [0, 0.1) is 0 Å². The molecule has 1 heteroatoms. The zero-order chi connectivity index (χ0) is 15.9. The largest absolute Gasteiger partial charge is 0.494 e. The van der Waals surface area contributed by atoms with E-state index in [-0.39, 0.29) is 0 Å². The highest BCUT2D eigenvalue weighted by Gasteiger charge is 2.02. The van der Waals surface area contributed by atoms with Crippen molar-refractivity contribution in [3.8, 4) is 5.75 Å². The average Bonchev–Trinajstić information content (AvgIpc) is 2.55. The second-order valence-corrected chi connectivity index (χ2v) is 5.49. The molecule has 0 amide bonds. The van der Waals surface area contributed by atoms with Crippen molar-refractivity contribution in [2.24, 2.45) is 0 Å². The van der Waals surface area contributed by atoms with Crippen LogP contribution in [0.3, 0.4) is 0 Å². The lowest BCUT2D eigenvalue weighted by atomic mass is 9.99. The molecule has 0 bridgehead atoms. The van der Waals surface area contributed by atoms with E-state index in [2.05, 4.69) is 45.0 Å². The maximum atomic E-state index is 5.78. The summed E-state index contributed by atoms with van der Waals surface area (Å²) in [7, 11) is 0. The molecule has 1 atom stereocenters. The summed E-state index contributed by atoms with van der Waals surface area (Å²) in [5.41, 5.74) is 1.41. The lowest BCUT2D eigenvalue weighted by Crippen LogP contribution is -1.98. The summed E-state index contributed by atoms with van der Waals surface area (Å²) in [4.78, 5) is 0. The van der Waals surface area contributed by atoms with Crippen molar-refractivity contribution in [3.05, 3.63) is 29.8 Å². The molecule has 0 aliphatic carbocycles. The number of ether oxygens (including phenoxy) is 1. The molecular formula is C20H36O. The monoisotopic (exact) mass is 292 g/mol. The molecule has 1 nitrogen and oxygen atoms in total. The molecule has 0 aromatic heterocycles. The van der Waals surface area contributed by atoms with Gasteiger partial charge in [-0.3, -0.25) is 0 Å². The van der Waals surface area contributed by atoms with Crippen molar-refractivity contribution in [2.45, 2.75) is 85.5 Å². The number of unbranched alkanes of at least 4 members (excludes halogenated alkanes) is 5. The van der Waals surface area contributed by atoms with Crippen LogP contribution in [0.15, 0.2) is 24.3 Å². The zero-order valence-electron chi connectivity index (χ0n) is 15.0. The first kappa shape index (κ1) is 20.0. The Morgan fingerprint density at radius 3 is 2.00 bits per heavy atom. The third-order valence-electron chi connectivity index (χ3n) is 3.83. The fraction of sp³-hybridized carbons (Fsp3) is 0.700. The highest BCUT2D eigenvalue weighted by atomic mass is 16.5. The summed E-state index contributed by atoms with van der Waals surface area (Å²) in [6.07, 6.45) is 9.08. The van der Waals surface area contributed by atoms with Gasteiger partial charge in [0.25, 0.3) is 0 Å². The molecule has 0 radical (unpaired) electrons. The summed E-state index contributed by atoms with van der Waals surface area (Å²) >= 11 is 0. The Labute approximate surface area is 133 Å². The van der Waals surface area contributed by atoms with Crippen LogP contribution in [0.4, 0.5) is 0 Å². The van der Waals surface area contributed by atoms with Gasteiger partial charge in [0.1, 0.15) is 5.75 Å². The standard InChI is InChI=1S/C18H30O.C2H6/c1-4-6-7-8-9-10-15-19-18-13-11-17(12-14-18)16(3)5-2;1-2/h11-14,16H,4-10,15H2,1-3H3;1-2H3. The molecule has 1 aromatic rings. The molecule has 122 valence electrons. The maximum absolute atomic E-state index is 5.78. The third kappa shape index (κ3) is 9.55. The predicted molar refractivity (Wildman–Crippen MR) is 95.4 cm³/mol. The maximum Gasteiger partial charge on any atom is 0.119 e. The van der Waals surface area contributed by atoms with Gasteiger partial charge in [-0.25, -0.2) is 0 Å². The number of hydrogen-bond acceptors (Lipinski definition) is 1. The molecule has 0 spiro atoms. The molecule has 21 heavy (non-hydrogen) atoms. The lowest BCUT2D eigenvalue weighted by molar-refractivity contribution is 0.304. The van der Waals surface area contributed by atoms with Gasteiger partial charge in [-0.2, -0.15) is 0 Å². The molecule has 0 fully saturated rings. The van der Waals surface area contributed by atoms with Gasteiger partial charge in [-0.05, 0) is 36.5 Å². The highest BCUT2D eigenvalue weighted by molar-refractivity contribution is 5.29. The summed E-state index contributed by atoms with van der Waals surface area (Å²) in [5, 5.41) is 0. The molecule has 0 saturated carbocycles. The molecular weight excluding hydrogens is 256 g/mol. The Kier molecular flexibility index (Phi) is 13.3. The van der Waals surface area contributed by atoms with Crippen LogP contribution < -0.4 is 4.74 Å². The first-order chi connectivity index (χ1) is 10.3. The summed E-state index contributed by atoms with van der Waals surface area (Å²) in [6.45, 7) is 11.6. The third-order valence-corrected chi connectivity index (χ3v) is 3.83. The van der Waals surface area contributed by atoms with Gasteiger partial charge < -0.3 is 4.74 Å². The van der Waals surface area contributed by atoms with Crippen LogP contribution in [0.5, 0.6) is 5.75 Å². The molecule has 0 saturated heterocycles. The van der Waals surface area contributed by atoms with Gasteiger partial charge in [-0.1, -0.05) is 78.9 Å². The van der Waals surface area contributed by atoms with Crippen molar-refractivity contribution in [2.75, 3.05) is 6.61 Å². The molecule has 0 aliphatic heterocycles. The van der Waals surface area contributed by atoms with E-state index < -0.39 is 0 Å². The minimum Gasteiger partial charge on any atom is -0.494 e. The quantitative estimate of drug-likeness (QED) is 0.423. The van der Waals surface area contributed by atoms with Gasteiger partial charge in [-0.15, -0.1) is 0 Å². The minimum absolute atomic E-state index is 0.646.